The number of hydrogen-bond donors (Lipinski definition) is 1. The highest BCUT2D eigenvalue weighted by Crippen LogP contribution is 2.26. The molecule has 0 unspecified atom stereocenters. The van der Waals surface area contributed by atoms with Gasteiger partial charge in [0, 0.05) is 33.6 Å². The van der Waals surface area contributed by atoms with E-state index in [1.165, 1.54) is 11.1 Å². The molecule has 0 aliphatic heterocycles. The lowest BCUT2D eigenvalue weighted by molar-refractivity contribution is 1.09. The molecular weight excluding hydrogens is 344 g/mol. The summed E-state index contributed by atoms with van der Waals surface area (Å²) in [6, 6.07) is 8.21. The number of hydrogen-bond acceptors (Lipinski definition) is 2. The first-order valence-electron chi connectivity index (χ1n) is 5.24. The summed E-state index contributed by atoms with van der Waals surface area (Å²) in [7, 11) is 0. The van der Waals surface area contributed by atoms with Crippen LogP contribution in [0.4, 0.5) is 5.69 Å². The van der Waals surface area contributed by atoms with Gasteiger partial charge in [-0.25, -0.2) is 0 Å². The van der Waals surface area contributed by atoms with Gasteiger partial charge < -0.3 is 5.32 Å². The molecule has 0 saturated heterocycles. The SMILES string of the molecule is Cc1cncc(CNc2ccc(Br)cc2Br)c1. The maximum absolute atomic E-state index is 4.17. The Bertz CT molecular complexity index is 527. The van der Waals surface area contributed by atoms with Crippen LogP contribution in [0, 0.1) is 6.92 Å². The van der Waals surface area contributed by atoms with E-state index < -0.39 is 0 Å². The van der Waals surface area contributed by atoms with Crippen molar-refractivity contribution in [1.82, 2.24) is 4.98 Å². The van der Waals surface area contributed by atoms with Crippen molar-refractivity contribution >= 4 is 37.5 Å². The fourth-order valence-electron chi connectivity index (χ4n) is 1.54. The first-order chi connectivity index (χ1) is 8.15. The van der Waals surface area contributed by atoms with Crippen LogP contribution in [0.2, 0.25) is 0 Å². The molecule has 0 bridgehead atoms. The molecule has 2 aromatic rings. The molecule has 17 heavy (non-hydrogen) atoms. The van der Waals surface area contributed by atoms with Crippen LogP contribution >= 0.6 is 31.9 Å². The van der Waals surface area contributed by atoms with Crippen molar-refractivity contribution < 1.29 is 0 Å². The number of benzene rings is 1. The third-order valence-corrected chi connectivity index (χ3v) is 3.50. The van der Waals surface area contributed by atoms with Gasteiger partial charge in [0.05, 0.1) is 0 Å². The van der Waals surface area contributed by atoms with E-state index in [0.29, 0.717) is 0 Å². The Morgan fingerprint density at radius 2 is 2.00 bits per heavy atom. The Kier molecular flexibility index (Phi) is 4.18. The summed E-state index contributed by atoms with van der Waals surface area (Å²) < 4.78 is 2.11. The van der Waals surface area contributed by atoms with Crippen molar-refractivity contribution in [3.05, 3.63) is 56.7 Å². The van der Waals surface area contributed by atoms with E-state index in [-0.39, 0.29) is 0 Å². The van der Waals surface area contributed by atoms with Crippen molar-refractivity contribution in [3.63, 3.8) is 0 Å². The van der Waals surface area contributed by atoms with E-state index in [2.05, 4.69) is 48.2 Å². The van der Waals surface area contributed by atoms with E-state index in [0.717, 1.165) is 21.2 Å². The second-order valence-corrected chi connectivity index (χ2v) is 5.62. The van der Waals surface area contributed by atoms with Gasteiger partial charge in [-0.3, -0.25) is 4.98 Å². The highest BCUT2D eigenvalue weighted by Gasteiger charge is 2.00. The second-order valence-electron chi connectivity index (χ2n) is 3.85. The van der Waals surface area contributed by atoms with E-state index >= 15 is 0 Å². The number of pyridine rings is 1. The normalized spacial score (nSPS) is 10.3. The van der Waals surface area contributed by atoms with Gasteiger partial charge >= 0.3 is 0 Å². The molecule has 0 spiro atoms. The molecule has 88 valence electrons. The monoisotopic (exact) mass is 354 g/mol. The molecule has 2 rings (SSSR count). The average molecular weight is 356 g/mol. The zero-order valence-electron chi connectivity index (χ0n) is 9.37. The van der Waals surface area contributed by atoms with Crippen LogP contribution in [-0.4, -0.2) is 4.98 Å². The second kappa shape index (κ2) is 5.65. The van der Waals surface area contributed by atoms with Crippen molar-refractivity contribution in [3.8, 4) is 0 Å². The van der Waals surface area contributed by atoms with Crippen molar-refractivity contribution in [2.75, 3.05) is 5.32 Å². The molecular formula is C13H12Br2N2. The smallest absolute Gasteiger partial charge is 0.0488 e. The highest BCUT2D eigenvalue weighted by molar-refractivity contribution is 9.11. The average Bonchev–Trinajstić information content (AvgIpc) is 2.28. The molecule has 1 aromatic carbocycles. The predicted molar refractivity (Wildman–Crippen MR) is 78.1 cm³/mol. The van der Waals surface area contributed by atoms with Crippen LogP contribution in [0.15, 0.2) is 45.6 Å². The first-order valence-corrected chi connectivity index (χ1v) is 6.83. The lowest BCUT2D eigenvalue weighted by atomic mass is 10.2. The number of halogens is 2. The summed E-state index contributed by atoms with van der Waals surface area (Å²) in [5.41, 5.74) is 3.44. The number of aryl methyl sites for hydroxylation is 1. The zero-order valence-corrected chi connectivity index (χ0v) is 12.5. The highest BCUT2D eigenvalue weighted by atomic mass is 79.9. The van der Waals surface area contributed by atoms with Gasteiger partial charge in [-0.15, -0.1) is 0 Å². The van der Waals surface area contributed by atoms with Crippen LogP contribution in [-0.2, 0) is 6.54 Å². The zero-order chi connectivity index (χ0) is 12.3. The Morgan fingerprint density at radius 1 is 1.18 bits per heavy atom. The van der Waals surface area contributed by atoms with Gasteiger partial charge in [-0.1, -0.05) is 22.0 Å². The lowest BCUT2D eigenvalue weighted by Crippen LogP contribution is -2.00. The van der Waals surface area contributed by atoms with E-state index in [4.69, 9.17) is 0 Å². The summed E-state index contributed by atoms with van der Waals surface area (Å²) in [5, 5.41) is 3.38. The molecule has 0 radical (unpaired) electrons. The molecule has 0 aliphatic rings. The minimum atomic E-state index is 0.773. The molecule has 0 amide bonds. The maximum Gasteiger partial charge on any atom is 0.0488 e. The minimum Gasteiger partial charge on any atom is -0.380 e. The van der Waals surface area contributed by atoms with Crippen molar-refractivity contribution in [1.29, 1.82) is 0 Å². The molecule has 1 N–H and O–H groups in total. The Morgan fingerprint density at radius 3 is 2.71 bits per heavy atom. The molecule has 4 heteroatoms. The van der Waals surface area contributed by atoms with Crippen LogP contribution in [0.25, 0.3) is 0 Å². The van der Waals surface area contributed by atoms with Gasteiger partial charge in [0.25, 0.3) is 0 Å². The van der Waals surface area contributed by atoms with Crippen LogP contribution in [0.5, 0.6) is 0 Å². The van der Waals surface area contributed by atoms with Crippen molar-refractivity contribution in [2.24, 2.45) is 0 Å². The summed E-state index contributed by atoms with van der Waals surface area (Å²) in [6.45, 7) is 2.82. The number of nitrogens with zero attached hydrogens (tertiary/aromatic N) is 1. The predicted octanol–water partition coefficient (Wildman–Crippen LogP) is 4.53. The van der Waals surface area contributed by atoms with E-state index in [1.54, 1.807) is 0 Å². The van der Waals surface area contributed by atoms with E-state index in [1.807, 2.05) is 37.5 Å². The quantitative estimate of drug-likeness (QED) is 0.875. The maximum atomic E-state index is 4.17. The number of anilines is 1. The first kappa shape index (κ1) is 12.6. The number of rotatable bonds is 3. The van der Waals surface area contributed by atoms with Gasteiger partial charge in [0.1, 0.15) is 0 Å². The van der Waals surface area contributed by atoms with Gasteiger partial charge in [0.15, 0.2) is 0 Å². The Hall–Kier alpha value is -0.870. The topological polar surface area (TPSA) is 24.9 Å². The number of nitrogens with one attached hydrogen (secondary N) is 1. The van der Waals surface area contributed by atoms with Gasteiger partial charge in [-0.2, -0.15) is 0 Å². The molecule has 0 fully saturated rings. The van der Waals surface area contributed by atoms with Crippen LogP contribution < -0.4 is 5.32 Å². The Balaban J connectivity index is 2.07. The summed E-state index contributed by atoms with van der Waals surface area (Å²) in [4.78, 5) is 4.17. The molecule has 2 nitrogen and oxygen atoms in total. The standard InChI is InChI=1S/C13H12Br2N2/c1-9-4-10(7-16-6-9)8-17-13-3-2-11(14)5-12(13)15/h2-7,17H,8H2,1H3. The van der Waals surface area contributed by atoms with Gasteiger partial charge in [-0.05, 0) is 52.2 Å². The molecule has 0 saturated carbocycles. The molecule has 1 heterocycles. The van der Waals surface area contributed by atoms with Crippen molar-refractivity contribution in [2.45, 2.75) is 13.5 Å². The lowest BCUT2D eigenvalue weighted by Gasteiger charge is -2.09. The minimum absolute atomic E-state index is 0.773. The largest absolute Gasteiger partial charge is 0.380 e. The summed E-state index contributed by atoms with van der Waals surface area (Å²) in [6.07, 6.45) is 3.74. The number of aromatic nitrogens is 1. The van der Waals surface area contributed by atoms with Crippen LogP contribution in [0.3, 0.4) is 0 Å². The fraction of sp³-hybridized carbons (Fsp3) is 0.154. The molecule has 1 aromatic heterocycles. The molecule has 0 aliphatic carbocycles. The summed E-state index contributed by atoms with van der Waals surface area (Å²) in [5.74, 6) is 0. The molecule has 0 atom stereocenters. The Labute approximate surface area is 118 Å². The third kappa shape index (κ3) is 3.54. The van der Waals surface area contributed by atoms with Gasteiger partial charge in [0.2, 0.25) is 0 Å². The fourth-order valence-corrected chi connectivity index (χ4v) is 2.73. The third-order valence-electron chi connectivity index (χ3n) is 2.35. The van der Waals surface area contributed by atoms with E-state index in [9.17, 15) is 0 Å². The summed E-state index contributed by atoms with van der Waals surface area (Å²) >= 11 is 6.96. The van der Waals surface area contributed by atoms with Crippen LogP contribution in [0.1, 0.15) is 11.1 Å².